The molecule has 0 saturated heterocycles. The van der Waals surface area contributed by atoms with Crippen LogP contribution >= 0.6 is 23.4 Å². The molecule has 0 aliphatic carbocycles. The molecule has 150 valence electrons. The third-order valence-electron chi connectivity index (χ3n) is 4.01. The zero-order chi connectivity index (χ0) is 20.9. The Morgan fingerprint density at radius 1 is 1.10 bits per heavy atom. The van der Waals surface area contributed by atoms with Gasteiger partial charge in [-0.25, -0.2) is 19.0 Å². The van der Waals surface area contributed by atoms with Crippen molar-refractivity contribution in [1.29, 1.82) is 0 Å². The summed E-state index contributed by atoms with van der Waals surface area (Å²) >= 11 is 7.32. The normalized spacial score (nSPS) is 10.7. The third-order valence-corrected chi connectivity index (χ3v) is 5.13. The van der Waals surface area contributed by atoms with Crippen molar-refractivity contribution in [1.82, 2.24) is 25.0 Å². The molecule has 2 aromatic carbocycles. The van der Waals surface area contributed by atoms with Crippen LogP contribution in [0.15, 0.2) is 72.1 Å². The standard InChI is InChI=1S/C20H14ClFN6OS/c21-13-3-1-4-15(11-13)25-19(29)18-17(12-30-20-23-9-2-10-24-20)28(27-26-18)16-7-5-14(22)6-8-16/h1-11H,12H2,(H,25,29). The molecule has 2 aromatic heterocycles. The second kappa shape index (κ2) is 9.02. The maximum absolute atomic E-state index is 13.3. The molecule has 1 N–H and O–H groups in total. The van der Waals surface area contributed by atoms with Gasteiger partial charge in [0.05, 0.1) is 11.4 Å². The van der Waals surface area contributed by atoms with Gasteiger partial charge in [0.15, 0.2) is 10.9 Å². The lowest BCUT2D eigenvalue weighted by Crippen LogP contribution is -2.15. The highest BCUT2D eigenvalue weighted by molar-refractivity contribution is 7.98. The number of benzene rings is 2. The number of nitrogens with zero attached hydrogens (tertiary/aromatic N) is 5. The predicted molar refractivity (Wildman–Crippen MR) is 112 cm³/mol. The molecule has 0 atom stereocenters. The van der Waals surface area contributed by atoms with Crippen molar-refractivity contribution in [2.75, 3.05) is 5.32 Å². The van der Waals surface area contributed by atoms with Gasteiger partial charge in [0.1, 0.15) is 5.82 Å². The fourth-order valence-corrected chi connectivity index (χ4v) is 3.63. The predicted octanol–water partition coefficient (Wildman–Crippen LogP) is 4.39. The number of anilines is 1. The monoisotopic (exact) mass is 440 g/mol. The molecule has 7 nitrogen and oxygen atoms in total. The van der Waals surface area contributed by atoms with Crippen LogP contribution in [0.3, 0.4) is 0 Å². The van der Waals surface area contributed by atoms with Crippen LogP contribution in [0.4, 0.5) is 10.1 Å². The Kier molecular flexibility index (Phi) is 6.01. The molecule has 4 aromatic rings. The number of rotatable bonds is 6. The Bertz CT molecular complexity index is 1170. The van der Waals surface area contributed by atoms with E-state index in [-0.39, 0.29) is 11.5 Å². The Morgan fingerprint density at radius 3 is 2.60 bits per heavy atom. The largest absolute Gasteiger partial charge is 0.320 e. The Labute approximate surface area is 180 Å². The second-order valence-electron chi connectivity index (χ2n) is 6.06. The highest BCUT2D eigenvalue weighted by Gasteiger charge is 2.21. The van der Waals surface area contributed by atoms with E-state index in [4.69, 9.17) is 11.6 Å². The van der Waals surface area contributed by atoms with Gasteiger partial charge in [0.25, 0.3) is 5.91 Å². The lowest BCUT2D eigenvalue weighted by atomic mass is 10.2. The first-order chi connectivity index (χ1) is 14.6. The minimum absolute atomic E-state index is 0.141. The summed E-state index contributed by atoms with van der Waals surface area (Å²) < 4.78 is 14.8. The van der Waals surface area contributed by atoms with Gasteiger partial charge in [-0.2, -0.15) is 0 Å². The summed E-state index contributed by atoms with van der Waals surface area (Å²) in [4.78, 5) is 21.2. The molecule has 0 saturated carbocycles. The van der Waals surface area contributed by atoms with E-state index >= 15 is 0 Å². The molecule has 0 radical (unpaired) electrons. The van der Waals surface area contributed by atoms with Crippen LogP contribution in [0.2, 0.25) is 5.02 Å². The Morgan fingerprint density at radius 2 is 1.87 bits per heavy atom. The van der Waals surface area contributed by atoms with E-state index in [1.807, 2.05) is 0 Å². The van der Waals surface area contributed by atoms with Crippen molar-refractivity contribution < 1.29 is 9.18 Å². The molecule has 0 spiro atoms. The fraction of sp³-hybridized carbons (Fsp3) is 0.0500. The molecule has 1 amide bonds. The number of nitrogens with one attached hydrogen (secondary N) is 1. The van der Waals surface area contributed by atoms with E-state index in [9.17, 15) is 9.18 Å². The van der Waals surface area contributed by atoms with Crippen molar-refractivity contribution in [3.63, 3.8) is 0 Å². The lowest BCUT2D eigenvalue weighted by Gasteiger charge is -2.08. The van der Waals surface area contributed by atoms with Crippen LogP contribution in [0.25, 0.3) is 5.69 Å². The van der Waals surface area contributed by atoms with Gasteiger partial charge < -0.3 is 5.32 Å². The van der Waals surface area contributed by atoms with Gasteiger partial charge in [-0.1, -0.05) is 34.6 Å². The molecular formula is C20H14ClFN6OS. The SMILES string of the molecule is O=C(Nc1cccc(Cl)c1)c1nnn(-c2ccc(F)cc2)c1CSc1ncccn1. The van der Waals surface area contributed by atoms with Gasteiger partial charge in [-0.15, -0.1) is 5.10 Å². The number of carbonyl (C=O) groups is 1. The molecule has 0 bridgehead atoms. The summed E-state index contributed by atoms with van der Waals surface area (Å²) in [6.45, 7) is 0. The molecule has 10 heteroatoms. The second-order valence-corrected chi connectivity index (χ2v) is 7.44. The van der Waals surface area contributed by atoms with E-state index in [0.29, 0.717) is 33.0 Å². The number of amides is 1. The van der Waals surface area contributed by atoms with Gasteiger partial charge in [-0.3, -0.25) is 4.79 Å². The summed E-state index contributed by atoms with van der Waals surface area (Å²) in [5.74, 6) is -0.478. The van der Waals surface area contributed by atoms with Gasteiger partial charge >= 0.3 is 0 Å². The molecule has 0 unspecified atom stereocenters. The molecule has 0 aliphatic rings. The number of hydrogen-bond donors (Lipinski definition) is 1. The average molecular weight is 441 g/mol. The van der Waals surface area contributed by atoms with Gasteiger partial charge in [0.2, 0.25) is 0 Å². The van der Waals surface area contributed by atoms with E-state index in [1.54, 1.807) is 54.9 Å². The summed E-state index contributed by atoms with van der Waals surface area (Å²) in [5, 5.41) is 12.0. The van der Waals surface area contributed by atoms with Crippen LogP contribution in [-0.2, 0) is 5.75 Å². The maximum atomic E-state index is 13.3. The minimum Gasteiger partial charge on any atom is -0.320 e. The fourth-order valence-electron chi connectivity index (χ4n) is 2.65. The maximum Gasteiger partial charge on any atom is 0.278 e. The first-order valence-corrected chi connectivity index (χ1v) is 10.1. The topological polar surface area (TPSA) is 85.6 Å². The van der Waals surface area contributed by atoms with Crippen LogP contribution in [0.5, 0.6) is 0 Å². The highest BCUT2D eigenvalue weighted by atomic mass is 35.5. The van der Waals surface area contributed by atoms with Crippen molar-refractivity contribution in [3.05, 3.63) is 89.2 Å². The van der Waals surface area contributed by atoms with Crippen LogP contribution in [0.1, 0.15) is 16.2 Å². The van der Waals surface area contributed by atoms with Crippen LogP contribution in [-0.4, -0.2) is 30.9 Å². The summed E-state index contributed by atoms with van der Waals surface area (Å²) in [6, 6.07) is 14.3. The quantitative estimate of drug-likeness (QED) is 0.353. The van der Waals surface area contributed by atoms with Crippen molar-refractivity contribution in [3.8, 4) is 5.69 Å². The molecule has 0 fully saturated rings. The number of halogens is 2. The lowest BCUT2D eigenvalue weighted by molar-refractivity contribution is 0.102. The summed E-state index contributed by atoms with van der Waals surface area (Å²) in [5.41, 5.74) is 1.78. The van der Waals surface area contributed by atoms with Gasteiger partial charge in [-0.05, 0) is 48.5 Å². The Balaban J connectivity index is 1.66. The van der Waals surface area contributed by atoms with E-state index in [2.05, 4.69) is 25.6 Å². The number of hydrogen-bond acceptors (Lipinski definition) is 6. The highest BCUT2D eigenvalue weighted by Crippen LogP contribution is 2.24. The first kappa shape index (κ1) is 20.0. The number of aromatic nitrogens is 5. The average Bonchev–Trinajstić information content (AvgIpc) is 3.17. The van der Waals surface area contributed by atoms with E-state index in [1.165, 1.54) is 28.6 Å². The molecule has 30 heavy (non-hydrogen) atoms. The minimum atomic E-state index is -0.435. The van der Waals surface area contributed by atoms with E-state index in [0.717, 1.165) is 0 Å². The van der Waals surface area contributed by atoms with Crippen molar-refractivity contribution in [2.24, 2.45) is 0 Å². The van der Waals surface area contributed by atoms with E-state index < -0.39 is 5.91 Å². The molecule has 0 aliphatic heterocycles. The summed E-state index contributed by atoms with van der Waals surface area (Å²) in [7, 11) is 0. The third kappa shape index (κ3) is 4.64. The summed E-state index contributed by atoms with van der Waals surface area (Å²) in [6.07, 6.45) is 3.27. The Hall–Kier alpha value is -3.30. The molecular weight excluding hydrogens is 427 g/mol. The first-order valence-electron chi connectivity index (χ1n) is 8.77. The van der Waals surface area contributed by atoms with Crippen molar-refractivity contribution >= 4 is 35.0 Å². The zero-order valence-electron chi connectivity index (χ0n) is 15.4. The van der Waals surface area contributed by atoms with Crippen LogP contribution < -0.4 is 5.32 Å². The van der Waals surface area contributed by atoms with Crippen LogP contribution in [0, 0.1) is 5.82 Å². The zero-order valence-corrected chi connectivity index (χ0v) is 16.9. The van der Waals surface area contributed by atoms with Crippen molar-refractivity contribution in [2.45, 2.75) is 10.9 Å². The van der Waals surface area contributed by atoms with Gasteiger partial charge in [0, 0.05) is 28.9 Å². The number of carbonyl (C=O) groups excluding carboxylic acids is 1. The smallest absolute Gasteiger partial charge is 0.278 e. The molecule has 4 rings (SSSR count). The number of thioether (sulfide) groups is 1. The molecule has 2 heterocycles.